The van der Waals surface area contributed by atoms with Crippen LogP contribution in [-0.2, 0) is 0 Å². The van der Waals surface area contributed by atoms with Gasteiger partial charge in [-0.1, -0.05) is 18.2 Å². The Kier molecular flexibility index (Phi) is 2.82. The Balaban J connectivity index is 1.79. The summed E-state index contributed by atoms with van der Waals surface area (Å²) in [6, 6.07) is 9.99. The van der Waals surface area contributed by atoms with Crippen molar-refractivity contribution >= 4 is 0 Å². The van der Waals surface area contributed by atoms with Gasteiger partial charge in [-0.15, -0.1) is 0 Å². The van der Waals surface area contributed by atoms with E-state index >= 15 is 0 Å². The molecule has 13 heavy (non-hydrogen) atoms. The highest BCUT2D eigenvalue weighted by Gasteiger charge is 2.10. The van der Waals surface area contributed by atoms with E-state index in [0.29, 0.717) is 0 Å². The molecular formula is C11H15NO. The molecule has 2 heteroatoms. The minimum absolute atomic E-state index is 0.740. The smallest absolute Gasteiger partial charge is 0.142 e. The lowest BCUT2D eigenvalue weighted by Gasteiger charge is -2.15. The topological polar surface area (TPSA) is 12.5 Å². The monoisotopic (exact) mass is 177 g/mol. The highest BCUT2D eigenvalue weighted by molar-refractivity contribution is 5.20. The largest absolute Gasteiger partial charge is 0.478 e. The van der Waals surface area contributed by atoms with Crippen molar-refractivity contribution in [2.45, 2.75) is 12.8 Å². The molecule has 2 rings (SSSR count). The van der Waals surface area contributed by atoms with Crippen LogP contribution in [0, 0.1) is 0 Å². The van der Waals surface area contributed by atoms with E-state index < -0.39 is 0 Å². The van der Waals surface area contributed by atoms with E-state index in [0.717, 1.165) is 12.5 Å². The lowest BCUT2D eigenvalue weighted by molar-refractivity contribution is 0.152. The van der Waals surface area contributed by atoms with Crippen LogP contribution in [0.2, 0.25) is 0 Å². The molecular weight excluding hydrogens is 162 g/mol. The van der Waals surface area contributed by atoms with Crippen LogP contribution in [0.5, 0.6) is 5.75 Å². The normalized spacial score (nSPS) is 17.5. The fraction of sp³-hybridized carbons (Fsp3) is 0.455. The Morgan fingerprint density at radius 2 is 1.77 bits per heavy atom. The zero-order chi connectivity index (χ0) is 8.93. The zero-order valence-electron chi connectivity index (χ0n) is 7.78. The van der Waals surface area contributed by atoms with Crippen molar-refractivity contribution in [2.24, 2.45) is 0 Å². The molecule has 1 saturated heterocycles. The molecule has 0 spiro atoms. The van der Waals surface area contributed by atoms with Crippen molar-refractivity contribution in [1.29, 1.82) is 0 Å². The van der Waals surface area contributed by atoms with Gasteiger partial charge in [-0.2, -0.15) is 0 Å². The van der Waals surface area contributed by atoms with E-state index in [-0.39, 0.29) is 0 Å². The average Bonchev–Trinajstić information content (AvgIpc) is 2.69. The van der Waals surface area contributed by atoms with Crippen LogP contribution in [-0.4, -0.2) is 24.7 Å². The summed E-state index contributed by atoms with van der Waals surface area (Å²) in [7, 11) is 0. The van der Waals surface area contributed by atoms with Gasteiger partial charge in [0.05, 0.1) is 0 Å². The number of hydrogen-bond donors (Lipinski definition) is 0. The van der Waals surface area contributed by atoms with Crippen molar-refractivity contribution in [3.63, 3.8) is 0 Å². The fourth-order valence-electron chi connectivity index (χ4n) is 1.59. The van der Waals surface area contributed by atoms with Gasteiger partial charge in [0.1, 0.15) is 12.5 Å². The third-order valence-corrected chi connectivity index (χ3v) is 2.36. The molecule has 1 aliphatic heterocycles. The first kappa shape index (κ1) is 8.57. The molecule has 0 aromatic heterocycles. The maximum absolute atomic E-state index is 5.62. The fourth-order valence-corrected chi connectivity index (χ4v) is 1.59. The first-order valence-electron chi connectivity index (χ1n) is 4.85. The van der Waals surface area contributed by atoms with Gasteiger partial charge in [0.25, 0.3) is 0 Å². The summed E-state index contributed by atoms with van der Waals surface area (Å²) in [6.45, 7) is 3.11. The minimum atomic E-state index is 0.740. The van der Waals surface area contributed by atoms with Crippen LogP contribution >= 0.6 is 0 Å². The lowest BCUT2D eigenvalue weighted by Crippen LogP contribution is -2.24. The minimum Gasteiger partial charge on any atom is -0.478 e. The van der Waals surface area contributed by atoms with Crippen molar-refractivity contribution in [1.82, 2.24) is 4.90 Å². The molecule has 70 valence electrons. The van der Waals surface area contributed by atoms with Crippen molar-refractivity contribution in [3.05, 3.63) is 30.3 Å². The number of para-hydroxylation sites is 1. The van der Waals surface area contributed by atoms with E-state index in [1.807, 2.05) is 30.3 Å². The Hall–Kier alpha value is -1.02. The first-order valence-corrected chi connectivity index (χ1v) is 4.85. The maximum Gasteiger partial charge on any atom is 0.142 e. The predicted octanol–water partition coefficient (Wildman–Crippen LogP) is 2.12. The molecule has 1 aliphatic rings. The van der Waals surface area contributed by atoms with Gasteiger partial charge < -0.3 is 4.74 Å². The summed E-state index contributed by atoms with van der Waals surface area (Å²) >= 11 is 0. The molecule has 1 heterocycles. The van der Waals surface area contributed by atoms with Crippen molar-refractivity contribution in [3.8, 4) is 5.75 Å². The third-order valence-electron chi connectivity index (χ3n) is 2.36. The number of ether oxygens (including phenoxy) is 1. The van der Waals surface area contributed by atoms with E-state index in [4.69, 9.17) is 4.74 Å². The first-order chi connectivity index (χ1) is 6.45. The van der Waals surface area contributed by atoms with Gasteiger partial charge >= 0.3 is 0 Å². The SMILES string of the molecule is c1ccc(OCN2CCCC2)cc1. The van der Waals surface area contributed by atoms with Crippen LogP contribution in [0.15, 0.2) is 30.3 Å². The van der Waals surface area contributed by atoms with Crippen molar-refractivity contribution in [2.75, 3.05) is 19.8 Å². The summed E-state index contributed by atoms with van der Waals surface area (Å²) < 4.78 is 5.62. The molecule has 1 fully saturated rings. The second kappa shape index (κ2) is 4.28. The molecule has 0 amide bonds. The highest BCUT2D eigenvalue weighted by Crippen LogP contribution is 2.11. The van der Waals surface area contributed by atoms with E-state index in [1.54, 1.807) is 0 Å². The lowest BCUT2D eigenvalue weighted by atomic mass is 10.3. The Morgan fingerprint density at radius 1 is 1.08 bits per heavy atom. The number of nitrogens with zero attached hydrogens (tertiary/aromatic N) is 1. The number of likely N-dealkylation sites (tertiary alicyclic amines) is 1. The standard InChI is InChI=1S/C11H15NO/c1-2-6-11(7-3-1)13-10-12-8-4-5-9-12/h1-3,6-7H,4-5,8-10H2. The molecule has 0 atom stereocenters. The molecule has 0 radical (unpaired) electrons. The number of benzene rings is 1. The Labute approximate surface area is 79.1 Å². The number of hydrogen-bond acceptors (Lipinski definition) is 2. The van der Waals surface area contributed by atoms with Gasteiger partial charge in [0.15, 0.2) is 0 Å². The molecule has 0 unspecified atom stereocenters. The molecule has 2 nitrogen and oxygen atoms in total. The van der Waals surface area contributed by atoms with Gasteiger partial charge in [-0.3, -0.25) is 4.90 Å². The molecule has 1 aromatic carbocycles. The van der Waals surface area contributed by atoms with Gasteiger partial charge in [-0.25, -0.2) is 0 Å². The van der Waals surface area contributed by atoms with E-state index in [9.17, 15) is 0 Å². The Bertz CT molecular complexity index is 242. The molecule has 1 aromatic rings. The summed E-state index contributed by atoms with van der Waals surface area (Å²) in [4.78, 5) is 2.34. The Morgan fingerprint density at radius 3 is 2.46 bits per heavy atom. The summed E-state index contributed by atoms with van der Waals surface area (Å²) in [5.41, 5.74) is 0. The highest BCUT2D eigenvalue weighted by atomic mass is 16.5. The summed E-state index contributed by atoms with van der Waals surface area (Å²) in [5.74, 6) is 0.967. The molecule has 0 bridgehead atoms. The quantitative estimate of drug-likeness (QED) is 0.701. The number of rotatable bonds is 3. The summed E-state index contributed by atoms with van der Waals surface area (Å²) in [5, 5.41) is 0. The van der Waals surface area contributed by atoms with Crippen LogP contribution < -0.4 is 4.74 Å². The molecule has 0 saturated carbocycles. The van der Waals surface area contributed by atoms with Crippen LogP contribution in [0.25, 0.3) is 0 Å². The van der Waals surface area contributed by atoms with Crippen molar-refractivity contribution < 1.29 is 4.74 Å². The van der Waals surface area contributed by atoms with E-state index in [2.05, 4.69) is 4.90 Å². The van der Waals surface area contributed by atoms with Crippen LogP contribution in [0.1, 0.15) is 12.8 Å². The summed E-state index contributed by atoms with van der Waals surface area (Å²) in [6.07, 6.45) is 2.64. The van der Waals surface area contributed by atoms with Gasteiger partial charge in [0.2, 0.25) is 0 Å². The van der Waals surface area contributed by atoms with E-state index in [1.165, 1.54) is 25.9 Å². The van der Waals surface area contributed by atoms with Crippen LogP contribution in [0.3, 0.4) is 0 Å². The molecule has 0 aliphatic carbocycles. The third kappa shape index (κ3) is 2.46. The second-order valence-electron chi connectivity index (χ2n) is 3.41. The maximum atomic E-state index is 5.62. The van der Waals surface area contributed by atoms with Gasteiger partial charge in [0, 0.05) is 13.1 Å². The van der Waals surface area contributed by atoms with Crippen LogP contribution in [0.4, 0.5) is 0 Å². The predicted molar refractivity (Wildman–Crippen MR) is 52.7 cm³/mol. The average molecular weight is 177 g/mol. The zero-order valence-corrected chi connectivity index (χ0v) is 7.78. The van der Waals surface area contributed by atoms with Gasteiger partial charge in [-0.05, 0) is 25.0 Å². The second-order valence-corrected chi connectivity index (χ2v) is 3.41. The molecule has 0 N–H and O–H groups in total.